The van der Waals surface area contributed by atoms with Crippen LogP contribution in [-0.2, 0) is 9.53 Å². The number of carbonyl (C=O) groups excluding carboxylic acids is 1. The summed E-state index contributed by atoms with van der Waals surface area (Å²) in [7, 11) is 1.75. The first-order chi connectivity index (χ1) is 9.76. The minimum atomic E-state index is 0.249. The Bertz CT molecular complexity index is 305. The van der Waals surface area contributed by atoms with Crippen molar-refractivity contribution in [1.82, 2.24) is 15.1 Å². The van der Waals surface area contributed by atoms with Crippen molar-refractivity contribution in [1.29, 1.82) is 0 Å². The van der Waals surface area contributed by atoms with Gasteiger partial charge in [-0.15, -0.1) is 0 Å². The number of piperidine rings is 1. The normalized spacial score (nSPS) is 25.9. The molecule has 2 fully saturated rings. The van der Waals surface area contributed by atoms with Gasteiger partial charge in [-0.25, -0.2) is 0 Å². The van der Waals surface area contributed by atoms with Gasteiger partial charge in [-0.1, -0.05) is 6.92 Å². The van der Waals surface area contributed by atoms with Gasteiger partial charge in [-0.3, -0.25) is 9.69 Å². The predicted octanol–water partition coefficient (Wildman–Crippen LogP) is 0.555. The van der Waals surface area contributed by atoms with E-state index < -0.39 is 0 Å². The molecule has 0 aromatic carbocycles. The zero-order valence-electron chi connectivity index (χ0n) is 12.9. The molecule has 0 aromatic rings. The molecular formula is C15H29N3O2. The van der Waals surface area contributed by atoms with E-state index in [9.17, 15) is 4.79 Å². The monoisotopic (exact) mass is 283 g/mol. The Morgan fingerprint density at radius 1 is 1.30 bits per heavy atom. The van der Waals surface area contributed by atoms with Crippen LogP contribution in [0, 0.1) is 5.92 Å². The second-order valence-corrected chi connectivity index (χ2v) is 5.90. The van der Waals surface area contributed by atoms with E-state index in [0.29, 0.717) is 11.9 Å². The minimum absolute atomic E-state index is 0.249. The lowest BCUT2D eigenvalue weighted by Gasteiger charge is -2.42. The maximum Gasteiger partial charge on any atom is 0.225 e. The first kappa shape index (κ1) is 15.7. The van der Waals surface area contributed by atoms with Gasteiger partial charge in [0.15, 0.2) is 0 Å². The first-order valence-electron chi connectivity index (χ1n) is 7.98. The van der Waals surface area contributed by atoms with Crippen LogP contribution >= 0.6 is 0 Å². The van der Waals surface area contributed by atoms with E-state index in [1.807, 2.05) is 0 Å². The number of nitrogens with zero attached hydrogens (tertiary/aromatic N) is 2. The van der Waals surface area contributed by atoms with Crippen molar-refractivity contribution >= 4 is 5.91 Å². The van der Waals surface area contributed by atoms with Gasteiger partial charge in [0.1, 0.15) is 0 Å². The van der Waals surface area contributed by atoms with Crippen LogP contribution in [0.5, 0.6) is 0 Å². The molecule has 0 aromatic heterocycles. The SMILES string of the molecule is CCC1CN(C(=O)C2CCNCC2)CCN1CCOC. The molecule has 2 rings (SSSR count). The number of nitrogens with one attached hydrogen (secondary N) is 1. The van der Waals surface area contributed by atoms with E-state index in [2.05, 4.69) is 22.0 Å². The molecule has 2 saturated heterocycles. The van der Waals surface area contributed by atoms with Gasteiger partial charge in [0.25, 0.3) is 0 Å². The fraction of sp³-hybridized carbons (Fsp3) is 0.933. The highest BCUT2D eigenvalue weighted by molar-refractivity contribution is 5.79. The zero-order chi connectivity index (χ0) is 14.4. The summed E-state index contributed by atoms with van der Waals surface area (Å²) in [5, 5.41) is 3.33. The summed E-state index contributed by atoms with van der Waals surface area (Å²) in [5.74, 6) is 0.635. The molecule has 1 amide bonds. The molecular weight excluding hydrogens is 254 g/mol. The van der Waals surface area contributed by atoms with Gasteiger partial charge in [0.05, 0.1) is 6.61 Å². The topological polar surface area (TPSA) is 44.8 Å². The standard InChI is InChI=1S/C15H29N3O2/c1-3-14-12-18(9-8-17(14)10-11-20-2)15(19)13-4-6-16-7-5-13/h13-14,16H,3-12H2,1-2H3. The van der Waals surface area contributed by atoms with Gasteiger partial charge in [0, 0.05) is 45.2 Å². The van der Waals surface area contributed by atoms with Gasteiger partial charge in [-0.05, 0) is 32.4 Å². The predicted molar refractivity (Wildman–Crippen MR) is 79.7 cm³/mol. The third kappa shape index (κ3) is 3.93. The highest BCUT2D eigenvalue weighted by Crippen LogP contribution is 2.19. The van der Waals surface area contributed by atoms with Crippen LogP contribution in [0.2, 0.25) is 0 Å². The molecule has 1 atom stereocenters. The number of piperazine rings is 1. The average molecular weight is 283 g/mol. The maximum atomic E-state index is 12.6. The van der Waals surface area contributed by atoms with E-state index in [0.717, 1.165) is 65.1 Å². The quantitative estimate of drug-likeness (QED) is 0.800. The van der Waals surface area contributed by atoms with Crippen LogP contribution < -0.4 is 5.32 Å². The van der Waals surface area contributed by atoms with Crippen molar-refractivity contribution < 1.29 is 9.53 Å². The van der Waals surface area contributed by atoms with E-state index in [1.165, 1.54) is 0 Å². The summed E-state index contributed by atoms with van der Waals surface area (Å²) < 4.78 is 5.18. The van der Waals surface area contributed by atoms with Crippen molar-refractivity contribution in [2.45, 2.75) is 32.2 Å². The Kier molecular flexibility index (Phi) is 6.26. The molecule has 2 aliphatic heterocycles. The van der Waals surface area contributed by atoms with E-state index in [4.69, 9.17) is 4.74 Å². The number of methoxy groups -OCH3 is 1. The van der Waals surface area contributed by atoms with E-state index >= 15 is 0 Å². The molecule has 0 spiro atoms. The van der Waals surface area contributed by atoms with Crippen LogP contribution in [-0.4, -0.2) is 74.7 Å². The molecule has 1 unspecified atom stereocenters. The minimum Gasteiger partial charge on any atom is -0.383 e. The first-order valence-corrected chi connectivity index (χ1v) is 7.98. The summed E-state index contributed by atoms with van der Waals surface area (Å²) in [5.41, 5.74) is 0. The average Bonchev–Trinajstić information content (AvgIpc) is 2.52. The number of hydrogen-bond acceptors (Lipinski definition) is 4. The Labute approximate surface area is 122 Å². The van der Waals surface area contributed by atoms with E-state index in [1.54, 1.807) is 7.11 Å². The lowest BCUT2D eigenvalue weighted by molar-refractivity contribution is -0.139. The Balaban J connectivity index is 1.86. The summed E-state index contributed by atoms with van der Waals surface area (Å²) >= 11 is 0. The van der Waals surface area contributed by atoms with Crippen molar-refractivity contribution in [3.63, 3.8) is 0 Å². The smallest absolute Gasteiger partial charge is 0.225 e. The second-order valence-electron chi connectivity index (χ2n) is 5.90. The lowest BCUT2D eigenvalue weighted by atomic mass is 9.95. The van der Waals surface area contributed by atoms with Crippen LogP contribution in [0.25, 0.3) is 0 Å². The summed E-state index contributed by atoms with van der Waals surface area (Å²) in [6.45, 7) is 8.69. The lowest BCUT2D eigenvalue weighted by Crippen LogP contribution is -2.56. The van der Waals surface area contributed by atoms with Crippen molar-refractivity contribution in [3.05, 3.63) is 0 Å². The highest BCUT2D eigenvalue weighted by atomic mass is 16.5. The number of ether oxygens (including phenoxy) is 1. The maximum absolute atomic E-state index is 12.6. The summed E-state index contributed by atoms with van der Waals surface area (Å²) in [6.07, 6.45) is 3.10. The number of amides is 1. The van der Waals surface area contributed by atoms with Gasteiger partial charge in [0.2, 0.25) is 5.91 Å². The number of rotatable bonds is 5. The number of hydrogen-bond donors (Lipinski definition) is 1. The summed E-state index contributed by atoms with van der Waals surface area (Å²) in [6, 6.07) is 0.490. The van der Waals surface area contributed by atoms with Crippen molar-refractivity contribution in [3.8, 4) is 0 Å². The second kappa shape index (κ2) is 7.96. The fourth-order valence-corrected chi connectivity index (χ4v) is 3.31. The molecule has 1 N–H and O–H groups in total. The molecule has 116 valence electrons. The van der Waals surface area contributed by atoms with Crippen LogP contribution in [0.15, 0.2) is 0 Å². The molecule has 0 bridgehead atoms. The zero-order valence-corrected chi connectivity index (χ0v) is 12.9. The molecule has 0 saturated carbocycles. The molecule has 0 radical (unpaired) electrons. The molecule has 2 heterocycles. The van der Waals surface area contributed by atoms with Crippen molar-refractivity contribution in [2.24, 2.45) is 5.92 Å². The highest BCUT2D eigenvalue weighted by Gasteiger charge is 2.32. The third-order valence-electron chi connectivity index (χ3n) is 4.66. The van der Waals surface area contributed by atoms with Gasteiger partial charge < -0.3 is 15.0 Å². The largest absolute Gasteiger partial charge is 0.383 e. The molecule has 5 heteroatoms. The fourth-order valence-electron chi connectivity index (χ4n) is 3.31. The van der Waals surface area contributed by atoms with Crippen LogP contribution in [0.1, 0.15) is 26.2 Å². The van der Waals surface area contributed by atoms with Gasteiger partial charge in [-0.2, -0.15) is 0 Å². The number of carbonyl (C=O) groups is 1. The Hall–Kier alpha value is -0.650. The van der Waals surface area contributed by atoms with Crippen LogP contribution in [0.4, 0.5) is 0 Å². The molecule has 20 heavy (non-hydrogen) atoms. The molecule has 5 nitrogen and oxygen atoms in total. The summed E-state index contributed by atoms with van der Waals surface area (Å²) in [4.78, 5) is 17.2. The van der Waals surface area contributed by atoms with Crippen LogP contribution in [0.3, 0.4) is 0 Å². The van der Waals surface area contributed by atoms with E-state index in [-0.39, 0.29) is 5.92 Å². The molecule has 2 aliphatic rings. The Morgan fingerprint density at radius 2 is 2.05 bits per heavy atom. The molecule has 0 aliphatic carbocycles. The van der Waals surface area contributed by atoms with Crippen molar-refractivity contribution in [2.75, 3.05) is 53.0 Å². The third-order valence-corrected chi connectivity index (χ3v) is 4.66. The Morgan fingerprint density at radius 3 is 2.70 bits per heavy atom. The van der Waals surface area contributed by atoms with Gasteiger partial charge >= 0.3 is 0 Å².